The maximum Gasteiger partial charge on any atom is 0.483 e. The fourth-order valence-electron chi connectivity index (χ4n) is 6.47. The lowest BCUT2D eigenvalue weighted by Crippen LogP contribution is -2.21. The molecule has 35 heavy (non-hydrogen) atoms. The Bertz CT molecular complexity index is 504. The highest BCUT2D eigenvalue weighted by atomic mass is 28.3. The van der Waals surface area contributed by atoms with Crippen molar-refractivity contribution in [3.05, 3.63) is 23.3 Å². The summed E-state index contributed by atoms with van der Waals surface area (Å²) in [6, 6.07) is 0. The van der Waals surface area contributed by atoms with Crippen LogP contribution in [0, 0.1) is 11.8 Å². The molecule has 4 heteroatoms. The van der Waals surface area contributed by atoms with E-state index in [9.17, 15) is 0 Å². The third-order valence-electron chi connectivity index (χ3n) is 8.54. The standard InChI is InChI=1S/C14H26.C14H22.C3H10O3Si/c2*1-2-6-10-13(9-5-1)14-11-7-3-4-8-12-14;1-4-7(5-2)6-3/h13-14H,1-12H2;9,11H,1-8,10,12H2;7H,1-3H3. The largest absolute Gasteiger partial charge is 0.483 e. The van der Waals surface area contributed by atoms with Gasteiger partial charge >= 0.3 is 9.53 Å². The molecule has 0 aromatic rings. The van der Waals surface area contributed by atoms with E-state index in [1.165, 1.54) is 116 Å². The molecule has 0 atom stereocenters. The molecule has 0 aliphatic heterocycles. The molecule has 0 unspecified atom stereocenters. The predicted molar refractivity (Wildman–Crippen MR) is 153 cm³/mol. The zero-order valence-corrected chi connectivity index (χ0v) is 24.8. The lowest BCUT2D eigenvalue weighted by molar-refractivity contribution is 0.163. The van der Waals surface area contributed by atoms with Gasteiger partial charge in [-0.1, -0.05) is 102 Å². The number of rotatable bonds is 5. The van der Waals surface area contributed by atoms with Crippen molar-refractivity contribution >= 4 is 9.53 Å². The third kappa shape index (κ3) is 13.6. The SMILES string of the molecule is C1=C(C2=CCCCCC2)CCCCC1.C1CCCC(C2CCCCCC2)CC1.CO[SiH](OC)OC. The molecular weight excluding hydrogens is 448 g/mol. The highest BCUT2D eigenvalue weighted by Crippen LogP contribution is 2.36. The quantitative estimate of drug-likeness (QED) is 0.274. The van der Waals surface area contributed by atoms with Crippen LogP contribution in [0.4, 0.5) is 0 Å². The summed E-state index contributed by atoms with van der Waals surface area (Å²) in [5.74, 6) is 2.24. The van der Waals surface area contributed by atoms with E-state index in [1.54, 1.807) is 58.2 Å². The van der Waals surface area contributed by atoms with Crippen molar-refractivity contribution in [1.82, 2.24) is 0 Å². The molecule has 0 aromatic heterocycles. The van der Waals surface area contributed by atoms with Crippen LogP contribution in [0.25, 0.3) is 0 Å². The van der Waals surface area contributed by atoms with Crippen LogP contribution in [-0.2, 0) is 13.3 Å². The highest BCUT2D eigenvalue weighted by molar-refractivity contribution is 6.36. The fraction of sp³-hybridized carbons (Fsp3) is 0.871. The van der Waals surface area contributed by atoms with Gasteiger partial charge in [-0.15, -0.1) is 0 Å². The van der Waals surface area contributed by atoms with E-state index in [0.29, 0.717) is 0 Å². The predicted octanol–water partition coefficient (Wildman–Crippen LogP) is 9.34. The molecule has 3 nitrogen and oxygen atoms in total. The van der Waals surface area contributed by atoms with Gasteiger partial charge in [0.2, 0.25) is 0 Å². The topological polar surface area (TPSA) is 27.7 Å². The van der Waals surface area contributed by atoms with Gasteiger partial charge in [0.25, 0.3) is 0 Å². The zero-order valence-electron chi connectivity index (χ0n) is 23.7. The van der Waals surface area contributed by atoms with Crippen LogP contribution in [0.15, 0.2) is 23.3 Å². The van der Waals surface area contributed by atoms with Gasteiger partial charge in [-0.3, -0.25) is 0 Å². The molecule has 0 aromatic carbocycles. The summed E-state index contributed by atoms with van der Waals surface area (Å²) in [4.78, 5) is 0. The maximum atomic E-state index is 4.74. The smallest absolute Gasteiger partial charge is 0.379 e. The van der Waals surface area contributed by atoms with Crippen molar-refractivity contribution in [3.8, 4) is 0 Å². The Morgan fingerprint density at radius 2 is 0.829 bits per heavy atom. The van der Waals surface area contributed by atoms with Crippen LogP contribution >= 0.6 is 0 Å². The molecule has 0 amide bonds. The van der Waals surface area contributed by atoms with Gasteiger partial charge in [0.15, 0.2) is 0 Å². The van der Waals surface area contributed by atoms with E-state index >= 15 is 0 Å². The van der Waals surface area contributed by atoms with Crippen molar-refractivity contribution in [2.45, 2.75) is 141 Å². The molecule has 4 rings (SSSR count). The second-order valence-corrected chi connectivity index (χ2v) is 13.1. The van der Waals surface area contributed by atoms with E-state index in [0.717, 1.165) is 11.8 Å². The molecule has 204 valence electrons. The third-order valence-corrected chi connectivity index (χ3v) is 9.69. The summed E-state index contributed by atoms with van der Waals surface area (Å²) in [5, 5.41) is 0. The Kier molecular flexibility index (Phi) is 18.1. The monoisotopic (exact) mass is 506 g/mol. The molecule has 4 aliphatic carbocycles. The van der Waals surface area contributed by atoms with E-state index in [4.69, 9.17) is 13.3 Å². The molecule has 0 bridgehead atoms. The molecular formula is C31H58O3Si. The van der Waals surface area contributed by atoms with E-state index in [1.807, 2.05) is 0 Å². The summed E-state index contributed by atoms with van der Waals surface area (Å²) in [7, 11) is 3.05. The van der Waals surface area contributed by atoms with Crippen LogP contribution in [0.3, 0.4) is 0 Å². The first-order valence-corrected chi connectivity index (χ1v) is 16.7. The molecule has 0 radical (unpaired) electrons. The number of allylic oxidation sites excluding steroid dienone is 4. The van der Waals surface area contributed by atoms with Crippen LogP contribution < -0.4 is 0 Å². The molecule has 4 aliphatic rings. The number of hydrogen-bond acceptors (Lipinski definition) is 3. The summed E-state index contributed by atoms with van der Waals surface area (Å²) in [6.07, 6.45) is 37.4. The molecule has 0 heterocycles. The molecule has 0 spiro atoms. The molecule has 0 N–H and O–H groups in total. The Hall–Kier alpha value is -0.423. The second kappa shape index (κ2) is 20.6. The fourth-order valence-corrected chi connectivity index (χ4v) is 7.04. The first-order chi connectivity index (χ1) is 17.3. The molecule has 2 fully saturated rings. The van der Waals surface area contributed by atoms with Crippen LogP contribution in [0.1, 0.15) is 141 Å². The summed E-state index contributed by atoms with van der Waals surface area (Å²) < 4.78 is 14.2. The van der Waals surface area contributed by atoms with Crippen molar-refractivity contribution in [2.75, 3.05) is 21.3 Å². The van der Waals surface area contributed by atoms with E-state index < -0.39 is 9.53 Å². The number of hydrogen-bond donors (Lipinski definition) is 0. The van der Waals surface area contributed by atoms with Gasteiger partial charge in [0.05, 0.1) is 0 Å². The van der Waals surface area contributed by atoms with Crippen LogP contribution in [0.2, 0.25) is 0 Å². The lowest BCUT2D eigenvalue weighted by atomic mass is 9.81. The zero-order chi connectivity index (χ0) is 25.0. The van der Waals surface area contributed by atoms with Gasteiger partial charge < -0.3 is 13.3 Å². The Labute approximate surface area is 220 Å². The van der Waals surface area contributed by atoms with Crippen LogP contribution in [0.5, 0.6) is 0 Å². The van der Waals surface area contributed by atoms with Crippen molar-refractivity contribution < 1.29 is 13.3 Å². The minimum Gasteiger partial charge on any atom is -0.379 e. The van der Waals surface area contributed by atoms with Crippen molar-refractivity contribution in [3.63, 3.8) is 0 Å². The Morgan fingerprint density at radius 3 is 1.14 bits per heavy atom. The normalized spacial score (nSPS) is 23.2. The minimum absolute atomic E-state index is 1.12. The summed E-state index contributed by atoms with van der Waals surface area (Å²) in [5.41, 5.74) is 3.40. The first-order valence-electron chi connectivity index (χ1n) is 15.2. The summed E-state index contributed by atoms with van der Waals surface area (Å²) in [6.45, 7) is 0. The van der Waals surface area contributed by atoms with Gasteiger partial charge in [-0.2, -0.15) is 0 Å². The minimum atomic E-state index is -1.67. The first kappa shape index (κ1) is 30.8. The second-order valence-electron chi connectivity index (χ2n) is 11.2. The van der Waals surface area contributed by atoms with E-state index in [-0.39, 0.29) is 0 Å². The summed E-state index contributed by atoms with van der Waals surface area (Å²) >= 11 is 0. The van der Waals surface area contributed by atoms with Gasteiger partial charge in [-0.05, 0) is 74.3 Å². The van der Waals surface area contributed by atoms with Crippen molar-refractivity contribution in [2.24, 2.45) is 11.8 Å². The Morgan fingerprint density at radius 1 is 0.486 bits per heavy atom. The lowest BCUT2D eigenvalue weighted by Gasteiger charge is -2.24. The van der Waals surface area contributed by atoms with Crippen molar-refractivity contribution in [1.29, 1.82) is 0 Å². The Balaban J connectivity index is 0.000000197. The van der Waals surface area contributed by atoms with Gasteiger partial charge in [0.1, 0.15) is 0 Å². The molecule has 0 saturated heterocycles. The van der Waals surface area contributed by atoms with Gasteiger partial charge in [-0.25, -0.2) is 0 Å². The maximum absolute atomic E-state index is 4.74. The van der Waals surface area contributed by atoms with Crippen LogP contribution in [-0.4, -0.2) is 30.9 Å². The van der Waals surface area contributed by atoms with E-state index in [2.05, 4.69) is 12.2 Å². The average molecular weight is 507 g/mol. The molecule has 2 saturated carbocycles. The van der Waals surface area contributed by atoms with Gasteiger partial charge in [0, 0.05) is 21.3 Å². The average Bonchev–Trinajstić information content (AvgIpc) is 3.50. The highest BCUT2D eigenvalue weighted by Gasteiger charge is 2.23.